The molecule has 1 heterocycles. The van der Waals surface area contributed by atoms with Crippen molar-refractivity contribution in [1.82, 2.24) is 15.6 Å². The van der Waals surface area contributed by atoms with E-state index in [1.807, 2.05) is 73.7 Å². The summed E-state index contributed by atoms with van der Waals surface area (Å²) in [6.45, 7) is 2.88. The van der Waals surface area contributed by atoms with Gasteiger partial charge in [-0.05, 0) is 47.9 Å². The maximum Gasteiger partial charge on any atom is 0.315 e. The average Bonchev–Trinajstić information content (AvgIpc) is 2.72. The predicted molar refractivity (Wildman–Crippen MR) is 105 cm³/mol. The molecule has 2 amide bonds. The number of pyridine rings is 1. The monoisotopic (exact) mass is 361 g/mol. The number of nitrogens with zero attached hydrogens (tertiary/aromatic N) is 1. The molecule has 1 atom stereocenters. The Morgan fingerprint density at radius 3 is 2.52 bits per heavy atom. The van der Waals surface area contributed by atoms with E-state index in [2.05, 4.69) is 15.6 Å². The normalized spacial score (nSPS) is 11.4. The molecule has 1 aromatic heterocycles. The first-order chi connectivity index (χ1) is 13.2. The first-order valence-corrected chi connectivity index (χ1v) is 8.90. The number of ether oxygens (including phenoxy) is 1. The Bertz CT molecular complexity index is 854. The first kappa shape index (κ1) is 18.5. The van der Waals surface area contributed by atoms with Crippen LogP contribution < -0.4 is 15.4 Å². The van der Waals surface area contributed by atoms with Gasteiger partial charge in [-0.25, -0.2) is 4.79 Å². The van der Waals surface area contributed by atoms with E-state index in [9.17, 15) is 4.79 Å². The Labute approximate surface area is 159 Å². The molecule has 5 nitrogen and oxygen atoms in total. The van der Waals surface area contributed by atoms with E-state index < -0.39 is 0 Å². The van der Waals surface area contributed by atoms with E-state index in [0.717, 1.165) is 22.4 Å². The van der Waals surface area contributed by atoms with E-state index in [4.69, 9.17) is 4.74 Å². The number of benzene rings is 2. The van der Waals surface area contributed by atoms with Crippen LogP contribution in [-0.4, -0.2) is 11.0 Å². The van der Waals surface area contributed by atoms with Crippen LogP contribution in [0.15, 0.2) is 79.1 Å². The molecule has 0 saturated heterocycles. The second-order valence-corrected chi connectivity index (χ2v) is 6.25. The van der Waals surface area contributed by atoms with E-state index >= 15 is 0 Å². The largest absolute Gasteiger partial charge is 0.489 e. The lowest BCUT2D eigenvalue weighted by Gasteiger charge is -2.15. The molecule has 138 valence electrons. The highest BCUT2D eigenvalue weighted by Gasteiger charge is 2.09. The molecule has 2 aromatic carbocycles. The molecule has 5 heteroatoms. The molecule has 3 rings (SSSR count). The van der Waals surface area contributed by atoms with Crippen molar-refractivity contribution in [3.8, 4) is 5.75 Å². The van der Waals surface area contributed by atoms with Gasteiger partial charge in [0.05, 0.1) is 6.04 Å². The zero-order valence-corrected chi connectivity index (χ0v) is 15.3. The molecular weight excluding hydrogens is 338 g/mol. The number of urea groups is 1. The van der Waals surface area contributed by atoms with Gasteiger partial charge in [0.2, 0.25) is 0 Å². The lowest BCUT2D eigenvalue weighted by atomic mass is 10.1. The fourth-order valence-electron chi connectivity index (χ4n) is 2.68. The first-order valence-electron chi connectivity index (χ1n) is 8.90. The molecule has 27 heavy (non-hydrogen) atoms. The van der Waals surface area contributed by atoms with Crippen molar-refractivity contribution in [1.29, 1.82) is 0 Å². The highest BCUT2D eigenvalue weighted by molar-refractivity contribution is 5.74. The molecule has 2 N–H and O–H groups in total. The third kappa shape index (κ3) is 5.85. The van der Waals surface area contributed by atoms with Gasteiger partial charge in [-0.1, -0.05) is 42.5 Å². The summed E-state index contributed by atoms with van der Waals surface area (Å²) in [5, 5.41) is 5.82. The quantitative estimate of drug-likeness (QED) is 0.662. The number of amides is 2. The Hall–Kier alpha value is -3.34. The Morgan fingerprint density at radius 2 is 1.74 bits per heavy atom. The Morgan fingerprint density at radius 1 is 1.00 bits per heavy atom. The summed E-state index contributed by atoms with van der Waals surface area (Å²) in [6, 6.07) is 21.2. The topological polar surface area (TPSA) is 63.2 Å². The zero-order chi connectivity index (χ0) is 18.9. The highest BCUT2D eigenvalue weighted by atomic mass is 16.5. The zero-order valence-electron chi connectivity index (χ0n) is 15.3. The summed E-state index contributed by atoms with van der Waals surface area (Å²) in [7, 11) is 0. The van der Waals surface area contributed by atoms with Crippen molar-refractivity contribution < 1.29 is 9.53 Å². The highest BCUT2D eigenvalue weighted by Crippen LogP contribution is 2.13. The molecule has 0 saturated carbocycles. The third-order valence-electron chi connectivity index (χ3n) is 4.15. The van der Waals surface area contributed by atoms with Crippen LogP contribution in [0.1, 0.15) is 29.7 Å². The minimum absolute atomic E-state index is 0.0846. The molecule has 0 aliphatic heterocycles. The number of aromatic nitrogens is 1. The fourth-order valence-corrected chi connectivity index (χ4v) is 2.68. The molecule has 0 radical (unpaired) electrons. The number of para-hydroxylation sites is 1. The SMILES string of the molecule is CC(NC(=O)NCc1cccc(COc2ccccc2)c1)c1ccncc1. The third-order valence-corrected chi connectivity index (χ3v) is 4.15. The Balaban J connectivity index is 1.48. The van der Waals surface area contributed by atoms with Gasteiger partial charge in [0.25, 0.3) is 0 Å². The Kier molecular flexibility index (Phi) is 6.41. The summed E-state index contributed by atoms with van der Waals surface area (Å²) in [6.07, 6.45) is 3.43. The summed E-state index contributed by atoms with van der Waals surface area (Å²) in [5.74, 6) is 0.838. The molecule has 0 bridgehead atoms. The number of carbonyl (C=O) groups excluding carboxylic acids is 1. The summed E-state index contributed by atoms with van der Waals surface area (Å²) in [4.78, 5) is 16.1. The maximum atomic E-state index is 12.1. The second-order valence-electron chi connectivity index (χ2n) is 6.25. The fraction of sp³-hybridized carbons (Fsp3) is 0.182. The van der Waals surface area contributed by atoms with Crippen molar-refractivity contribution in [2.75, 3.05) is 0 Å². The van der Waals surface area contributed by atoms with Crippen LogP contribution in [0.25, 0.3) is 0 Å². The van der Waals surface area contributed by atoms with Crippen molar-refractivity contribution in [3.05, 3.63) is 95.8 Å². The van der Waals surface area contributed by atoms with Crippen LogP contribution in [0.3, 0.4) is 0 Å². The minimum Gasteiger partial charge on any atom is -0.489 e. The lowest BCUT2D eigenvalue weighted by molar-refractivity contribution is 0.237. The summed E-state index contributed by atoms with van der Waals surface area (Å²) < 4.78 is 5.77. The number of nitrogens with one attached hydrogen (secondary N) is 2. The van der Waals surface area contributed by atoms with Crippen molar-refractivity contribution in [2.24, 2.45) is 0 Å². The smallest absolute Gasteiger partial charge is 0.315 e. The van der Waals surface area contributed by atoms with Gasteiger partial charge in [0.15, 0.2) is 0 Å². The summed E-state index contributed by atoms with van der Waals surface area (Å²) in [5.41, 5.74) is 3.10. The van der Waals surface area contributed by atoms with Crippen LogP contribution >= 0.6 is 0 Å². The van der Waals surface area contributed by atoms with Crippen LogP contribution in [0, 0.1) is 0 Å². The van der Waals surface area contributed by atoms with E-state index in [1.165, 1.54) is 0 Å². The second kappa shape index (κ2) is 9.38. The maximum absolute atomic E-state index is 12.1. The summed E-state index contributed by atoms with van der Waals surface area (Å²) >= 11 is 0. The molecule has 3 aromatic rings. The van der Waals surface area contributed by atoms with Gasteiger partial charge in [-0.3, -0.25) is 4.98 Å². The van der Waals surface area contributed by atoms with Gasteiger partial charge in [0, 0.05) is 18.9 Å². The number of hydrogen-bond acceptors (Lipinski definition) is 3. The molecule has 0 fully saturated rings. The van der Waals surface area contributed by atoms with Crippen LogP contribution in [0.2, 0.25) is 0 Å². The molecule has 1 unspecified atom stereocenters. The van der Waals surface area contributed by atoms with Crippen molar-refractivity contribution in [3.63, 3.8) is 0 Å². The van der Waals surface area contributed by atoms with Gasteiger partial charge in [0.1, 0.15) is 12.4 Å². The molecule has 0 spiro atoms. The standard InChI is InChI=1S/C22H23N3O2/c1-17(20-10-12-23-13-11-20)25-22(26)24-15-18-6-5-7-19(14-18)16-27-21-8-3-2-4-9-21/h2-14,17H,15-16H2,1H3,(H2,24,25,26). The molecule has 0 aliphatic carbocycles. The number of carbonyl (C=O) groups is 1. The van der Waals surface area contributed by atoms with E-state index in [1.54, 1.807) is 12.4 Å². The predicted octanol–water partition coefficient (Wildman–Crippen LogP) is 4.22. The number of hydrogen-bond donors (Lipinski definition) is 2. The van der Waals surface area contributed by atoms with Crippen molar-refractivity contribution >= 4 is 6.03 Å². The lowest BCUT2D eigenvalue weighted by Crippen LogP contribution is -2.36. The van der Waals surface area contributed by atoms with Crippen LogP contribution in [0.4, 0.5) is 4.79 Å². The van der Waals surface area contributed by atoms with Gasteiger partial charge >= 0.3 is 6.03 Å². The van der Waals surface area contributed by atoms with Gasteiger partial charge in [-0.15, -0.1) is 0 Å². The van der Waals surface area contributed by atoms with E-state index in [0.29, 0.717) is 13.2 Å². The average molecular weight is 361 g/mol. The molecule has 0 aliphatic rings. The van der Waals surface area contributed by atoms with Gasteiger partial charge in [-0.2, -0.15) is 0 Å². The van der Waals surface area contributed by atoms with Crippen LogP contribution in [0.5, 0.6) is 5.75 Å². The molecular formula is C22H23N3O2. The number of rotatable bonds is 7. The van der Waals surface area contributed by atoms with E-state index in [-0.39, 0.29) is 12.1 Å². The van der Waals surface area contributed by atoms with Crippen molar-refractivity contribution in [2.45, 2.75) is 26.1 Å². The van der Waals surface area contributed by atoms with Crippen LogP contribution in [-0.2, 0) is 13.2 Å². The van der Waals surface area contributed by atoms with Gasteiger partial charge < -0.3 is 15.4 Å². The minimum atomic E-state index is -0.203.